The number of carbonyl (C=O) groups excluding carboxylic acids is 1. The Hall–Kier alpha value is -0.516. The molecule has 0 fully saturated rings. The molecule has 0 heterocycles. The van der Waals surface area contributed by atoms with E-state index in [9.17, 15) is 4.79 Å². The highest BCUT2D eigenvalue weighted by Gasteiger charge is 2.46. The van der Waals surface area contributed by atoms with Crippen LogP contribution in [0.5, 0.6) is 0 Å². The Balaban J connectivity index is 4.61. The van der Waals surface area contributed by atoms with Crippen molar-refractivity contribution in [3.05, 3.63) is 11.8 Å². The van der Waals surface area contributed by atoms with Gasteiger partial charge in [-0.3, -0.25) is 0 Å². The zero-order valence-electron chi connectivity index (χ0n) is 12.5. The number of esters is 1. The largest absolute Gasteiger partial charge is 0.668 e. The second kappa shape index (κ2) is 8.61. The van der Waals surface area contributed by atoms with Gasteiger partial charge in [-0.05, 0) is 19.5 Å². The van der Waals surface area contributed by atoms with E-state index < -0.39 is 17.4 Å². The third-order valence-electron chi connectivity index (χ3n) is 2.21. The topological polar surface area (TPSA) is 63.2 Å². The van der Waals surface area contributed by atoms with Crippen LogP contribution in [0.3, 0.4) is 0 Å². The number of carbonyl (C=O) groups is 1. The first kappa shape index (κ1) is 18.5. The summed E-state index contributed by atoms with van der Waals surface area (Å²) in [6, 6.07) is 0. The summed E-state index contributed by atoms with van der Waals surface area (Å²) in [5.74, 6) is -0.370. The average molecular weight is 308 g/mol. The van der Waals surface area contributed by atoms with Gasteiger partial charge < -0.3 is 22.1 Å². The lowest BCUT2D eigenvalue weighted by Crippen LogP contribution is -2.53. The van der Waals surface area contributed by atoms with Crippen LogP contribution in [-0.4, -0.2) is 51.3 Å². The average Bonchev–Trinajstić information content (AvgIpc) is 2.40. The molecule has 0 rings (SSSR count). The molecule has 0 bridgehead atoms. The summed E-state index contributed by atoms with van der Waals surface area (Å²) in [4.78, 5) is 11.4. The predicted octanol–water partition coefficient (Wildman–Crippen LogP) is 1.63. The Labute approximate surface area is 117 Å². The predicted molar refractivity (Wildman–Crippen MR) is 75.7 cm³/mol. The van der Waals surface area contributed by atoms with Gasteiger partial charge in [0.1, 0.15) is 0 Å². The van der Waals surface area contributed by atoms with Crippen LogP contribution >= 0.6 is 0 Å². The van der Waals surface area contributed by atoms with Crippen molar-refractivity contribution in [3.8, 4) is 0 Å². The lowest BCUT2D eigenvalue weighted by molar-refractivity contribution is -0.137. The zero-order chi connectivity index (χ0) is 14.9. The van der Waals surface area contributed by atoms with Crippen LogP contribution in [-0.2, 0) is 26.9 Å². The van der Waals surface area contributed by atoms with Crippen LogP contribution in [0.1, 0.15) is 13.3 Å². The van der Waals surface area contributed by atoms with Gasteiger partial charge in [-0.1, -0.05) is 12.6 Å². The van der Waals surface area contributed by atoms with E-state index >= 15 is 0 Å². The van der Waals surface area contributed by atoms with E-state index in [0.717, 1.165) is 6.42 Å². The van der Waals surface area contributed by atoms with Gasteiger partial charge in [0, 0.05) is 27.4 Å². The molecule has 0 saturated carbocycles. The van der Waals surface area contributed by atoms with Crippen molar-refractivity contribution in [1.29, 1.82) is 0 Å². The van der Waals surface area contributed by atoms with Crippen molar-refractivity contribution in [3.63, 3.8) is 0 Å². The molecule has 0 N–H and O–H groups in total. The van der Waals surface area contributed by atoms with E-state index in [1.165, 1.54) is 27.4 Å². The first-order valence-corrected chi connectivity index (χ1v) is 10.7. The van der Waals surface area contributed by atoms with Crippen LogP contribution in [0.4, 0.5) is 0 Å². The Morgan fingerprint density at radius 2 is 1.63 bits per heavy atom. The van der Waals surface area contributed by atoms with Crippen molar-refractivity contribution in [2.75, 3.05) is 27.9 Å². The smallest absolute Gasteiger partial charge is 0.463 e. The highest BCUT2D eigenvalue weighted by atomic mass is 28.5. The molecule has 6 nitrogen and oxygen atoms in total. The second-order valence-corrected chi connectivity index (χ2v) is 10.9. The van der Waals surface area contributed by atoms with Crippen LogP contribution in [0, 0.1) is 0 Å². The van der Waals surface area contributed by atoms with Gasteiger partial charge in [-0.25, -0.2) is 4.79 Å². The normalized spacial score (nSPS) is 12.9. The van der Waals surface area contributed by atoms with E-state index in [-0.39, 0.29) is 5.97 Å². The first-order valence-electron chi connectivity index (χ1n) is 6.06. The molecule has 19 heavy (non-hydrogen) atoms. The second-order valence-electron chi connectivity index (χ2n) is 4.32. The molecular formula is C11H24O6Si2. The summed E-state index contributed by atoms with van der Waals surface area (Å²) < 4.78 is 26.4. The third kappa shape index (κ3) is 6.99. The molecular weight excluding hydrogens is 284 g/mol. The van der Waals surface area contributed by atoms with E-state index in [4.69, 9.17) is 22.1 Å². The maximum Gasteiger partial charge on any atom is 0.668 e. The minimum Gasteiger partial charge on any atom is -0.463 e. The van der Waals surface area contributed by atoms with Gasteiger partial charge in [0.05, 0.1) is 6.61 Å². The summed E-state index contributed by atoms with van der Waals surface area (Å²) in [7, 11) is -0.965. The fourth-order valence-corrected chi connectivity index (χ4v) is 6.14. The van der Waals surface area contributed by atoms with Crippen LogP contribution in [0.25, 0.3) is 0 Å². The molecule has 0 atom stereocenters. The van der Waals surface area contributed by atoms with E-state index in [0.29, 0.717) is 6.61 Å². The maximum absolute atomic E-state index is 11.4. The Morgan fingerprint density at radius 3 is 2.05 bits per heavy atom. The summed E-state index contributed by atoms with van der Waals surface area (Å²) in [5, 5.41) is 0. The summed E-state index contributed by atoms with van der Waals surface area (Å²) in [6.07, 6.45) is 2.19. The molecule has 0 radical (unpaired) electrons. The molecule has 112 valence electrons. The molecule has 0 amide bonds. The Morgan fingerprint density at radius 1 is 1.11 bits per heavy atom. The lowest BCUT2D eigenvalue weighted by Gasteiger charge is -2.30. The molecule has 0 spiro atoms. The molecule has 0 aliphatic heterocycles. The number of ether oxygens (including phenoxy) is 1. The van der Waals surface area contributed by atoms with Crippen molar-refractivity contribution in [2.45, 2.75) is 26.4 Å². The van der Waals surface area contributed by atoms with Gasteiger partial charge in [-0.2, -0.15) is 0 Å². The van der Waals surface area contributed by atoms with Gasteiger partial charge in [0.2, 0.25) is 8.32 Å². The highest BCUT2D eigenvalue weighted by Crippen LogP contribution is 2.17. The molecule has 0 aromatic carbocycles. The summed E-state index contributed by atoms with van der Waals surface area (Å²) in [5.41, 5.74) is 1.73. The summed E-state index contributed by atoms with van der Waals surface area (Å²) in [6.45, 7) is 6.18. The van der Waals surface area contributed by atoms with Crippen LogP contribution in [0.2, 0.25) is 13.1 Å². The van der Waals surface area contributed by atoms with Crippen molar-refractivity contribution < 1.29 is 26.9 Å². The Kier molecular flexibility index (Phi) is 8.38. The monoisotopic (exact) mass is 308 g/mol. The molecule has 0 aliphatic carbocycles. The van der Waals surface area contributed by atoms with E-state index in [1.54, 1.807) is 5.70 Å². The fraction of sp³-hybridized carbons (Fsp3) is 0.727. The lowest BCUT2D eigenvalue weighted by atomic mass is 10.5. The quantitative estimate of drug-likeness (QED) is 0.366. The van der Waals surface area contributed by atoms with Crippen LogP contribution < -0.4 is 0 Å². The van der Waals surface area contributed by atoms with Crippen molar-refractivity contribution in [2.24, 2.45) is 0 Å². The minimum atomic E-state index is -3.09. The maximum atomic E-state index is 11.4. The van der Waals surface area contributed by atoms with Crippen LogP contribution in [0.15, 0.2) is 11.8 Å². The van der Waals surface area contributed by atoms with Gasteiger partial charge in [-0.15, -0.1) is 0 Å². The first-order chi connectivity index (χ1) is 8.84. The molecule has 0 unspecified atom stereocenters. The SMILES string of the molecule is CCCOC(=O)C=C[Si](C)(C)O[Si](OC)(OC)OC. The summed E-state index contributed by atoms with van der Waals surface area (Å²) >= 11 is 0. The number of hydrogen-bond acceptors (Lipinski definition) is 6. The molecule has 0 aromatic rings. The van der Waals surface area contributed by atoms with Crippen molar-refractivity contribution in [1.82, 2.24) is 0 Å². The molecule has 0 saturated heterocycles. The van der Waals surface area contributed by atoms with E-state index in [2.05, 4.69) is 0 Å². The van der Waals surface area contributed by atoms with Crippen molar-refractivity contribution >= 4 is 23.3 Å². The molecule has 0 aliphatic rings. The number of hydrogen-bond donors (Lipinski definition) is 0. The molecule has 8 heteroatoms. The van der Waals surface area contributed by atoms with Gasteiger partial charge >= 0.3 is 15.0 Å². The van der Waals surface area contributed by atoms with E-state index in [1.807, 2.05) is 20.0 Å². The standard InChI is InChI=1S/C11H24O6Si2/c1-7-9-16-11(12)8-10-18(5,6)17-19(13-2,14-3)15-4/h8,10H,7,9H2,1-6H3. The minimum absolute atomic E-state index is 0.370. The third-order valence-corrected chi connectivity index (χ3v) is 7.78. The number of rotatable bonds is 9. The van der Waals surface area contributed by atoms with Gasteiger partial charge in [0.25, 0.3) is 0 Å². The van der Waals surface area contributed by atoms with Gasteiger partial charge in [0.15, 0.2) is 0 Å². The highest BCUT2D eigenvalue weighted by molar-refractivity contribution is 6.82. The molecule has 0 aromatic heterocycles. The Bertz CT molecular complexity index is 293. The zero-order valence-corrected chi connectivity index (χ0v) is 14.5. The fourth-order valence-electron chi connectivity index (χ4n) is 1.25.